The predicted octanol–water partition coefficient (Wildman–Crippen LogP) is 8.46. The lowest BCUT2D eigenvalue weighted by molar-refractivity contribution is -0.394. The van der Waals surface area contributed by atoms with Gasteiger partial charge in [0.25, 0.3) is 11.4 Å². The first-order chi connectivity index (χ1) is 21.0. The third kappa shape index (κ3) is 6.39. The van der Waals surface area contributed by atoms with Gasteiger partial charge in [-0.25, -0.2) is 0 Å². The van der Waals surface area contributed by atoms with Gasteiger partial charge < -0.3 is 9.47 Å². The third-order valence-corrected chi connectivity index (χ3v) is 7.49. The van der Waals surface area contributed by atoms with Crippen LogP contribution in [0.15, 0.2) is 60.7 Å². The molecule has 0 radical (unpaired) electrons. The number of hydrogen-bond donors (Lipinski definition) is 0. The Labute approximate surface area is 256 Å². The maximum Gasteiger partial charge on any atom is 0.318 e. The average molecular weight is 617 g/mol. The molecule has 0 fully saturated rings. The van der Waals surface area contributed by atoms with E-state index in [9.17, 15) is 40.5 Å². The van der Waals surface area contributed by atoms with Crippen molar-refractivity contribution < 1.29 is 29.2 Å². The summed E-state index contributed by atoms with van der Waals surface area (Å²) in [5.74, 6) is 0.512. The molecule has 4 aromatic carbocycles. The van der Waals surface area contributed by atoms with Crippen LogP contribution in [0.1, 0.15) is 47.2 Å². The largest absolute Gasteiger partial charge is 0.450 e. The van der Waals surface area contributed by atoms with Gasteiger partial charge in [-0.05, 0) is 73.2 Å². The summed E-state index contributed by atoms with van der Waals surface area (Å²) < 4.78 is 11.9. The highest BCUT2D eigenvalue weighted by Crippen LogP contribution is 2.43. The summed E-state index contributed by atoms with van der Waals surface area (Å²) in [7, 11) is 0. The van der Waals surface area contributed by atoms with Crippen LogP contribution in [-0.2, 0) is 5.41 Å². The number of hydrogen-bond acceptors (Lipinski definition) is 10. The topological polar surface area (TPSA) is 191 Å². The zero-order valence-corrected chi connectivity index (χ0v) is 25.1. The molecule has 0 aromatic heterocycles. The zero-order valence-electron chi connectivity index (χ0n) is 25.1. The Morgan fingerprint density at radius 2 is 0.822 bits per heavy atom. The van der Waals surface area contributed by atoms with Crippen LogP contribution in [0.2, 0.25) is 0 Å². The smallest absolute Gasteiger partial charge is 0.318 e. The van der Waals surface area contributed by atoms with Crippen molar-refractivity contribution in [2.24, 2.45) is 0 Å². The van der Waals surface area contributed by atoms with Crippen LogP contribution in [0.25, 0.3) is 0 Å². The minimum absolute atomic E-state index is 0.126. The standard InChI is InChI=1S/C31H28N4O10/c1-17-11-21(12-18(2)29(17)44-27-9-7-23(32(36)37)15-25(27)34(40)41)31(5,6)22-13-19(3)30(20(4)14-22)45-28-10-8-24(33(38)39)16-26(28)35(42)43/h7-16H,1-6H3. The van der Waals surface area contributed by atoms with Crippen LogP contribution >= 0.6 is 0 Å². The normalized spacial score (nSPS) is 11.2. The van der Waals surface area contributed by atoms with E-state index in [1.165, 1.54) is 12.1 Å². The molecule has 45 heavy (non-hydrogen) atoms. The molecule has 0 spiro atoms. The van der Waals surface area contributed by atoms with Crippen molar-refractivity contribution in [1.29, 1.82) is 0 Å². The Morgan fingerprint density at radius 1 is 0.511 bits per heavy atom. The molecular formula is C31H28N4O10. The van der Waals surface area contributed by atoms with Gasteiger partial charge in [0, 0.05) is 17.5 Å². The fourth-order valence-corrected chi connectivity index (χ4v) is 5.03. The molecule has 4 aromatic rings. The molecule has 0 amide bonds. The van der Waals surface area contributed by atoms with Crippen molar-refractivity contribution in [2.75, 3.05) is 0 Å². The van der Waals surface area contributed by atoms with Crippen LogP contribution in [0.4, 0.5) is 22.7 Å². The van der Waals surface area contributed by atoms with E-state index in [2.05, 4.69) is 0 Å². The Bertz CT molecular complexity index is 1720. The second kappa shape index (κ2) is 12.0. The molecule has 0 aliphatic carbocycles. The van der Waals surface area contributed by atoms with E-state index in [-0.39, 0.29) is 11.5 Å². The summed E-state index contributed by atoms with van der Waals surface area (Å²) in [5, 5.41) is 45.4. The molecule has 0 aliphatic heterocycles. The molecule has 4 rings (SSSR count). The van der Waals surface area contributed by atoms with Gasteiger partial charge in [0.05, 0.1) is 31.8 Å². The number of non-ortho nitro benzene ring substituents is 2. The van der Waals surface area contributed by atoms with Gasteiger partial charge in [0.15, 0.2) is 0 Å². The lowest BCUT2D eigenvalue weighted by atomic mass is 9.76. The first-order valence-corrected chi connectivity index (χ1v) is 13.5. The highest BCUT2D eigenvalue weighted by atomic mass is 16.6. The van der Waals surface area contributed by atoms with Gasteiger partial charge in [-0.2, -0.15) is 0 Å². The SMILES string of the molecule is Cc1cc(C(C)(C)c2cc(C)c(Oc3ccc([N+](=O)[O-])cc3[N+](=O)[O-])c(C)c2)cc(C)c1Oc1ccc([N+](=O)[O-])cc1[N+](=O)[O-]. The van der Waals surface area contributed by atoms with E-state index in [1.54, 1.807) is 27.7 Å². The second-order valence-corrected chi connectivity index (χ2v) is 11.0. The van der Waals surface area contributed by atoms with Crippen molar-refractivity contribution in [3.05, 3.63) is 135 Å². The second-order valence-electron chi connectivity index (χ2n) is 11.0. The minimum Gasteiger partial charge on any atom is -0.450 e. The van der Waals surface area contributed by atoms with Crippen LogP contribution < -0.4 is 9.47 Å². The summed E-state index contributed by atoms with van der Waals surface area (Å²) >= 11 is 0. The van der Waals surface area contributed by atoms with Gasteiger partial charge in [-0.1, -0.05) is 38.1 Å². The van der Waals surface area contributed by atoms with Crippen molar-refractivity contribution in [3.8, 4) is 23.0 Å². The lowest BCUT2D eigenvalue weighted by Crippen LogP contribution is -2.20. The van der Waals surface area contributed by atoms with Crippen molar-refractivity contribution in [3.63, 3.8) is 0 Å². The lowest BCUT2D eigenvalue weighted by Gasteiger charge is -2.29. The number of nitrogens with zero attached hydrogens (tertiary/aromatic N) is 4. The maximum atomic E-state index is 11.6. The van der Waals surface area contributed by atoms with Gasteiger partial charge in [-0.3, -0.25) is 40.5 Å². The fourth-order valence-electron chi connectivity index (χ4n) is 5.03. The maximum absolute atomic E-state index is 11.6. The van der Waals surface area contributed by atoms with E-state index in [1.807, 2.05) is 38.1 Å². The summed E-state index contributed by atoms with van der Waals surface area (Å²) in [6.07, 6.45) is 0. The molecule has 0 saturated carbocycles. The Hall–Kier alpha value is -5.92. The van der Waals surface area contributed by atoms with Crippen molar-refractivity contribution in [1.82, 2.24) is 0 Å². The quantitative estimate of drug-likeness (QED) is 0.123. The Morgan fingerprint density at radius 3 is 1.09 bits per heavy atom. The number of rotatable bonds is 10. The molecule has 0 saturated heterocycles. The molecule has 0 aliphatic rings. The van der Waals surface area contributed by atoms with Gasteiger partial charge in [0.1, 0.15) is 11.5 Å². The first-order valence-electron chi connectivity index (χ1n) is 13.5. The predicted molar refractivity (Wildman–Crippen MR) is 164 cm³/mol. The van der Waals surface area contributed by atoms with Crippen LogP contribution in [0.3, 0.4) is 0 Å². The number of aryl methyl sites for hydroxylation is 4. The summed E-state index contributed by atoms with van der Waals surface area (Å²) in [4.78, 5) is 42.5. The summed E-state index contributed by atoms with van der Waals surface area (Å²) in [6, 6.07) is 14.0. The van der Waals surface area contributed by atoms with Gasteiger partial charge >= 0.3 is 11.4 Å². The number of nitro groups is 4. The molecule has 0 bridgehead atoms. The third-order valence-electron chi connectivity index (χ3n) is 7.49. The van der Waals surface area contributed by atoms with Crippen molar-refractivity contribution >= 4 is 22.7 Å². The molecule has 0 unspecified atom stereocenters. The van der Waals surface area contributed by atoms with E-state index in [4.69, 9.17) is 9.47 Å². The van der Waals surface area contributed by atoms with Crippen molar-refractivity contribution in [2.45, 2.75) is 47.0 Å². The van der Waals surface area contributed by atoms with Crippen LogP contribution in [0, 0.1) is 68.2 Å². The van der Waals surface area contributed by atoms with E-state index < -0.39 is 47.9 Å². The van der Waals surface area contributed by atoms with Crippen LogP contribution in [0.5, 0.6) is 23.0 Å². The molecule has 14 heteroatoms. The number of nitro benzene ring substituents is 4. The molecular weight excluding hydrogens is 588 g/mol. The zero-order chi connectivity index (χ0) is 33.4. The molecule has 232 valence electrons. The summed E-state index contributed by atoms with van der Waals surface area (Å²) in [6.45, 7) is 11.2. The Balaban J connectivity index is 1.68. The molecule has 14 nitrogen and oxygen atoms in total. The molecule has 0 atom stereocenters. The van der Waals surface area contributed by atoms with E-state index >= 15 is 0 Å². The highest BCUT2D eigenvalue weighted by Gasteiger charge is 2.29. The Kier molecular flexibility index (Phi) is 8.53. The first kappa shape index (κ1) is 32.0. The van der Waals surface area contributed by atoms with Crippen LogP contribution in [-0.4, -0.2) is 19.7 Å². The monoisotopic (exact) mass is 616 g/mol. The van der Waals surface area contributed by atoms with Gasteiger partial charge in [0.2, 0.25) is 11.5 Å². The molecule has 0 heterocycles. The highest BCUT2D eigenvalue weighted by molar-refractivity contribution is 5.59. The minimum atomic E-state index is -0.734. The number of ether oxygens (including phenoxy) is 2. The van der Waals surface area contributed by atoms with E-state index in [0.29, 0.717) is 33.8 Å². The molecule has 0 N–H and O–H groups in total. The average Bonchev–Trinajstić information content (AvgIpc) is 2.96. The van der Waals surface area contributed by atoms with Gasteiger partial charge in [-0.15, -0.1) is 0 Å². The fraction of sp³-hybridized carbons (Fsp3) is 0.226. The number of benzene rings is 4. The summed E-state index contributed by atoms with van der Waals surface area (Å²) in [5.41, 5.74) is 2.08. The van der Waals surface area contributed by atoms with E-state index in [0.717, 1.165) is 35.4 Å².